The van der Waals surface area contributed by atoms with Gasteiger partial charge in [0.2, 0.25) is 0 Å². The Morgan fingerprint density at radius 2 is 1.64 bits per heavy atom. The summed E-state index contributed by atoms with van der Waals surface area (Å²) in [5.74, 6) is 0. The van der Waals surface area contributed by atoms with Gasteiger partial charge in [-0.05, 0) is 0 Å². The van der Waals surface area contributed by atoms with Crippen LogP contribution in [-0.4, -0.2) is 9.97 Å². The maximum atomic E-state index is 11.1. The maximum absolute atomic E-state index is 11.1. The van der Waals surface area contributed by atoms with Crippen LogP contribution in [0.5, 0.6) is 0 Å². The molecule has 0 saturated carbocycles. The lowest BCUT2D eigenvalue weighted by Crippen LogP contribution is -1.98. The minimum absolute atomic E-state index is 0.277. The standard InChI is InChI=1S/C11H8N2O/c14-11-8-10(12-6-7-13-11)9-4-2-1-3-5-9/h1-8H. The number of hydrogen-bond acceptors (Lipinski definition) is 3. The van der Waals surface area contributed by atoms with E-state index in [9.17, 15) is 4.79 Å². The average Bonchev–Trinajstić information content (AvgIpc) is 2.44. The van der Waals surface area contributed by atoms with Crippen LogP contribution in [-0.2, 0) is 0 Å². The Balaban J connectivity index is 2.59. The topological polar surface area (TPSA) is 42.9 Å². The van der Waals surface area contributed by atoms with Gasteiger partial charge in [0, 0.05) is 24.0 Å². The third-order valence-electron chi connectivity index (χ3n) is 1.81. The van der Waals surface area contributed by atoms with Crippen molar-refractivity contribution in [3.05, 3.63) is 59.1 Å². The van der Waals surface area contributed by atoms with E-state index < -0.39 is 0 Å². The molecule has 1 heterocycles. The number of hydrogen-bond donors (Lipinski definition) is 0. The maximum Gasteiger partial charge on any atom is 0.271 e. The molecule has 0 radical (unpaired) electrons. The van der Waals surface area contributed by atoms with E-state index in [1.807, 2.05) is 30.3 Å². The third-order valence-corrected chi connectivity index (χ3v) is 1.81. The molecule has 0 saturated heterocycles. The summed E-state index contributed by atoms with van der Waals surface area (Å²) in [6.45, 7) is 0. The van der Waals surface area contributed by atoms with Crippen LogP contribution in [0, 0.1) is 0 Å². The molecule has 68 valence electrons. The summed E-state index contributed by atoms with van der Waals surface area (Å²) in [4.78, 5) is 18.8. The SMILES string of the molecule is O=c1cc(-c2ccccc2)nccn1. The third kappa shape index (κ3) is 1.82. The van der Waals surface area contributed by atoms with E-state index in [1.165, 1.54) is 18.5 Å². The quantitative estimate of drug-likeness (QED) is 0.674. The zero-order valence-electron chi connectivity index (χ0n) is 7.42. The van der Waals surface area contributed by atoms with Crippen molar-refractivity contribution in [1.82, 2.24) is 9.97 Å². The Morgan fingerprint density at radius 1 is 0.929 bits per heavy atom. The predicted molar refractivity (Wildman–Crippen MR) is 53.7 cm³/mol. The van der Waals surface area contributed by atoms with Gasteiger partial charge >= 0.3 is 0 Å². The van der Waals surface area contributed by atoms with Crippen molar-refractivity contribution in [3.8, 4) is 11.3 Å². The van der Waals surface area contributed by atoms with Crippen molar-refractivity contribution in [2.24, 2.45) is 0 Å². The predicted octanol–water partition coefficient (Wildman–Crippen LogP) is 1.50. The zero-order valence-corrected chi connectivity index (χ0v) is 7.42. The summed E-state index contributed by atoms with van der Waals surface area (Å²) in [7, 11) is 0. The molecule has 0 unspecified atom stereocenters. The molecule has 3 heteroatoms. The highest BCUT2D eigenvalue weighted by molar-refractivity contribution is 5.57. The monoisotopic (exact) mass is 184 g/mol. The fourth-order valence-corrected chi connectivity index (χ4v) is 1.18. The highest BCUT2D eigenvalue weighted by atomic mass is 16.1. The van der Waals surface area contributed by atoms with Crippen molar-refractivity contribution >= 4 is 0 Å². The van der Waals surface area contributed by atoms with Crippen LogP contribution in [0.15, 0.2) is 53.6 Å². The van der Waals surface area contributed by atoms with Crippen LogP contribution in [0.25, 0.3) is 11.3 Å². The number of aromatic nitrogens is 2. The Labute approximate surface area is 81.1 Å². The highest BCUT2D eigenvalue weighted by Gasteiger charge is 1.96. The van der Waals surface area contributed by atoms with Gasteiger partial charge in [0.05, 0.1) is 5.69 Å². The zero-order chi connectivity index (χ0) is 9.80. The van der Waals surface area contributed by atoms with Gasteiger partial charge in [-0.15, -0.1) is 0 Å². The van der Waals surface area contributed by atoms with Crippen LogP contribution in [0.1, 0.15) is 0 Å². The second-order valence-electron chi connectivity index (χ2n) is 2.79. The van der Waals surface area contributed by atoms with Crippen molar-refractivity contribution in [2.45, 2.75) is 0 Å². The van der Waals surface area contributed by atoms with E-state index in [4.69, 9.17) is 0 Å². The lowest BCUT2D eigenvalue weighted by Gasteiger charge is -1.94. The van der Waals surface area contributed by atoms with Crippen LogP contribution >= 0.6 is 0 Å². The highest BCUT2D eigenvalue weighted by Crippen LogP contribution is 2.12. The van der Waals surface area contributed by atoms with Gasteiger partial charge in [-0.3, -0.25) is 9.78 Å². The van der Waals surface area contributed by atoms with Crippen molar-refractivity contribution in [1.29, 1.82) is 0 Å². The molecule has 14 heavy (non-hydrogen) atoms. The van der Waals surface area contributed by atoms with Crippen molar-refractivity contribution in [2.75, 3.05) is 0 Å². The summed E-state index contributed by atoms with van der Waals surface area (Å²) in [6.07, 6.45) is 2.92. The number of benzene rings is 1. The van der Waals surface area contributed by atoms with E-state index in [0.29, 0.717) is 5.69 Å². The van der Waals surface area contributed by atoms with Crippen LogP contribution in [0.3, 0.4) is 0 Å². The molecular formula is C11H8N2O. The Bertz CT molecular complexity index is 483. The van der Waals surface area contributed by atoms with Gasteiger partial charge in [0.15, 0.2) is 0 Å². The fraction of sp³-hybridized carbons (Fsp3) is 0. The molecule has 2 rings (SSSR count). The number of rotatable bonds is 1. The molecule has 0 fully saturated rings. The lowest BCUT2D eigenvalue weighted by atomic mass is 10.1. The average molecular weight is 184 g/mol. The van der Waals surface area contributed by atoms with E-state index >= 15 is 0 Å². The van der Waals surface area contributed by atoms with E-state index in [0.717, 1.165) is 5.56 Å². The largest absolute Gasteiger partial charge is 0.271 e. The van der Waals surface area contributed by atoms with Gasteiger partial charge < -0.3 is 0 Å². The van der Waals surface area contributed by atoms with Gasteiger partial charge in [-0.25, -0.2) is 4.98 Å². The summed E-state index contributed by atoms with van der Waals surface area (Å²) in [5, 5.41) is 0. The smallest absolute Gasteiger partial charge is 0.267 e. The second-order valence-corrected chi connectivity index (χ2v) is 2.79. The van der Waals surface area contributed by atoms with E-state index in [-0.39, 0.29) is 5.56 Å². The molecule has 0 atom stereocenters. The first kappa shape index (κ1) is 8.56. The Hall–Kier alpha value is -2.03. The summed E-state index contributed by atoms with van der Waals surface area (Å²) < 4.78 is 0. The van der Waals surface area contributed by atoms with Crippen molar-refractivity contribution < 1.29 is 0 Å². The molecule has 1 aromatic carbocycles. The summed E-state index contributed by atoms with van der Waals surface area (Å²) in [6, 6.07) is 11.0. The molecule has 0 spiro atoms. The van der Waals surface area contributed by atoms with Crippen LogP contribution in [0.2, 0.25) is 0 Å². The first-order valence-electron chi connectivity index (χ1n) is 4.24. The fourth-order valence-electron chi connectivity index (χ4n) is 1.18. The number of nitrogens with zero attached hydrogens (tertiary/aromatic N) is 2. The first-order chi connectivity index (χ1) is 6.86. The molecule has 3 nitrogen and oxygen atoms in total. The molecule has 0 aliphatic carbocycles. The first-order valence-corrected chi connectivity index (χ1v) is 4.24. The normalized spacial score (nSPS) is 9.71. The Kier molecular flexibility index (Phi) is 2.32. The summed E-state index contributed by atoms with van der Waals surface area (Å²) >= 11 is 0. The molecule has 0 aliphatic rings. The van der Waals surface area contributed by atoms with E-state index in [2.05, 4.69) is 9.97 Å². The molecule has 0 aliphatic heterocycles. The molecule has 0 bridgehead atoms. The van der Waals surface area contributed by atoms with Gasteiger partial charge in [-0.2, -0.15) is 0 Å². The lowest BCUT2D eigenvalue weighted by molar-refractivity contribution is 1.27. The minimum Gasteiger partial charge on any atom is -0.267 e. The molecule has 1 aromatic heterocycles. The molecule has 0 N–H and O–H groups in total. The minimum atomic E-state index is -0.277. The van der Waals surface area contributed by atoms with Gasteiger partial charge in [-0.1, -0.05) is 30.3 Å². The van der Waals surface area contributed by atoms with Gasteiger partial charge in [0.1, 0.15) is 0 Å². The molecular weight excluding hydrogens is 176 g/mol. The second kappa shape index (κ2) is 3.79. The van der Waals surface area contributed by atoms with Crippen LogP contribution < -0.4 is 5.56 Å². The van der Waals surface area contributed by atoms with Crippen LogP contribution in [0.4, 0.5) is 0 Å². The Morgan fingerprint density at radius 3 is 2.43 bits per heavy atom. The van der Waals surface area contributed by atoms with Crippen molar-refractivity contribution in [3.63, 3.8) is 0 Å². The molecule has 2 aromatic rings. The molecule has 0 amide bonds. The van der Waals surface area contributed by atoms with Gasteiger partial charge in [0.25, 0.3) is 5.56 Å². The van der Waals surface area contributed by atoms with E-state index in [1.54, 1.807) is 0 Å². The summed E-state index contributed by atoms with van der Waals surface area (Å²) in [5.41, 5.74) is 1.29.